The van der Waals surface area contributed by atoms with E-state index in [4.69, 9.17) is 0 Å². The van der Waals surface area contributed by atoms with Crippen LogP contribution in [0.4, 0.5) is 0 Å². The zero-order chi connectivity index (χ0) is 14.6. The van der Waals surface area contributed by atoms with E-state index in [1.165, 1.54) is 0 Å². The summed E-state index contributed by atoms with van der Waals surface area (Å²) >= 11 is 0. The first-order chi connectivity index (χ1) is 9.43. The van der Waals surface area contributed by atoms with Crippen LogP contribution in [0, 0.1) is 17.3 Å². The van der Waals surface area contributed by atoms with Gasteiger partial charge in [0.05, 0.1) is 0 Å². The van der Waals surface area contributed by atoms with E-state index in [1.54, 1.807) is 0 Å². The average Bonchev–Trinajstić information content (AvgIpc) is 2.45. The topological polar surface area (TPSA) is 20.2 Å². The van der Waals surface area contributed by atoms with Crippen LogP contribution in [-0.4, -0.2) is 5.11 Å². The van der Waals surface area contributed by atoms with Gasteiger partial charge in [-0.25, -0.2) is 0 Å². The summed E-state index contributed by atoms with van der Waals surface area (Å²) in [5.74, 6) is 6.16. The Morgan fingerprint density at radius 2 is 1.30 bits per heavy atom. The fourth-order valence-electron chi connectivity index (χ4n) is 2.06. The molecular formula is C19H20O. The Labute approximate surface area is 121 Å². The van der Waals surface area contributed by atoms with Gasteiger partial charge in [0.25, 0.3) is 0 Å². The van der Waals surface area contributed by atoms with Crippen molar-refractivity contribution in [3.63, 3.8) is 0 Å². The normalized spacial score (nSPS) is 14.0. The largest absolute Gasteiger partial charge is 0.373 e. The van der Waals surface area contributed by atoms with Crippen LogP contribution in [0.3, 0.4) is 0 Å². The second kappa shape index (κ2) is 5.53. The molecule has 1 atom stereocenters. The average molecular weight is 264 g/mol. The van der Waals surface area contributed by atoms with E-state index in [-0.39, 0.29) is 5.41 Å². The molecule has 0 aromatic heterocycles. The Bertz CT molecular complexity index is 612. The van der Waals surface area contributed by atoms with Gasteiger partial charge < -0.3 is 5.11 Å². The summed E-state index contributed by atoms with van der Waals surface area (Å²) in [4.78, 5) is 0. The van der Waals surface area contributed by atoms with E-state index in [0.717, 1.165) is 11.1 Å². The van der Waals surface area contributed by atoms with E-state index in [0.29, 0.717) is 0 Å². The molecule has 0 spiro atoms. The van der Waals surface area contributed by atoms with Gasteiger partial charge in [0, 0.05) is 11.0 Å². The number of hydrogen-bond donors (Lipinski definition) is 1. The highest BCUT2D eigenvalue weighted by atomic mass is 16.3. The lowest BCUT2D eigenvalue weighted by Crippen LogP contribution is -2.38. The Hall–Kier alpha value is -2.04. The molecule has 0 saturated heterocycles. The first kappa shape index (κ1) is 14.4. The predicted molar refractivity (Wildman–Crippen MR) is 83.1 cm³/mol. The Morgan fingerprint density at radius 1 is 0.800 bits per heavy atom. The zero-order valence-electron chi connectivity index (χ0n) is 12.2. The van der Waals surface area contributed by atoms with Crippen molar-refractivity contribution in [2.75, 3.05) is 0 Å². The molecule has 0 amide bonds. The van der Waals surface area contributed by atoms with E-state index >= 15 is 0 Å². The molecule has 2 aromatic rings. The fraction of sp³-hybridized carbons (Fsp3) is 0.263. The second-order valence-corrected chi connectivity index (χ2v) is 5.94. The van der Waals surface area contributed by atoms with Crippen LogP contribution in [0.2, 0.25) is 0 Å². The van der Waals surface area contributed by atoms with Gasteiger partial charge in [0.15, 0.2) is 5.60 Å². The standard InChI is InChI=1S/C19H20O/c1-18(2,3)19(20,17-12-8-5-9-13-17)15-14-16-10-6-4-7-11-16/h4-13,20H,1-3H3. The second-order valence-electron chi connectivity index (χ2n) is 5.94. The Kier molecular flexibility index (Phi) is 3.97. The fourth-order valence-corrected chi connectivity index (χ4v) is 2.06. The van der Waals surface area contributed by atoms with Crippen molar-refractivity contribution in [3.8, 4) is 11.8 Å². The molecule has 0 fully saturated rings. The molecule has 1 nitrogen and oxygen atoms in total. The van der Waals surface area contributed by atoms with Crippen LogP contribution >= 0.6 is 0 Å². The highest BCUT2D eigenvalue weighted by Gasteiger charge is 2.40. The summed E-state index contributed by atoms with van der Waals surface area (Å²) < 4.78 is 0. The van der Waals surface area contributed by atoms with Crippen molar-refractivity contribution in [1.82, 2.24) is 0 Å². The van der Waals surface area contributed by atoms with Crippen LogP contribution in [0.5, 0.6) is 0 Å². The van der Waals surface area contributed by atoms with E-state index in [1.807, 2.05) is 81.4 Å². The number of hydrogen-bond acceptors (Lipinski definition) is 1. The van der Waals surface area contributed by atoms with Crippen molar-refractivity contribution in [1.29, 1.82) is 0 Å². The van der Waals surface area contributed by atoms with Crippen LogP contribution in [0.25, 0.3) is 0 Å². The van der Waals surface area contributed by atoms with Gasteiger partial charge in [-0.1, -0.05) is 81.1 Å². The van der Waals surface area contributed by atoms with Crippen LogP contribution < -0.4 is 0 Å². The van der Waals surface area contributed by atoms with Crippen LogP contribution in [0.1, 0.15) is 31.9 Å². The van der Waals surface area contributed by atoms with E-state index < -0.39 is 5.60 Å². The molecular weight excluding hydrogens is 244 g/mol. The molecule has 0 bridgehead atoms. The minimum Gasteiger partial charge on any atom is -0.373 e. The lowest BCUT2D eigenvalue weighted by molar-refractivity contribution is -0.00900. The van der Waals surface area contributed by atoms with Gasteiger partial charge >= 0.3 is 0 Å². The molecule has 0 aliphatic carbocycles. The van der Waals surface area contributed by atoms with Crippen LogP contribution in [0.15, 0.2) is 60.7 Å². The summed E-state index contributed by atoms with van der Waals surface area (Å²) in [6.45, 7) is 6.00. The Balaban J connectivity index is 2.48. The molecule has 0 saturated carbocycles. The highest BCUT2D eigenvalue weighted by molar-refractivity contribution is 5.41. The highest BCUT2D eigenvalue weighted by Crippen LogP contribution is 2.38. The van der Waals surface area contributed by atoms with Gasteiger partial charge in [-0.2, -0.15) is 0 Å². The van der Waals surface area contributed by atoms with Crippen LogP contribution in [-0.2, 0) is 5.60 Å². The minimum absolute atomic E-state index is 0.379. The van der Waals surface area contributed by atoms with Crippen molar-refractivity contribution < 1.29 is 5.11 Å². The van der Waals surface area contributed by atoms with Gasteiger partial charge in [0.1, 0.15) is 0 Å². The SMILES string of the molecule is CC(C)(C)C(O)(C#Cc1ccccc1)c1ccccc1. The van der Waals surface area contributed by atoms with Gasteiger partial charge in [-0.3, -0.25) is 0 Å². The summed E-state index contributed by atoms with van der Waals surface area (Å²) in [7, 11) is 0. The molecule has 1 unspecified atom stereocenters. The lowest BCUT2D eigenvalue weighted by atomic mass is 9.72. The molecule has 1 heteroatoms. The maximum absolute atomic E-state index is 11.1. The van der Waals surface area contributed by atoms with Gasteiger partial charge in [-0.05, 0) is 17.7 Å². The lowest BCUT2D eigenvalue weighted by Gasteiger charge is -2.36. The van der Waals surface area contributed by atoms with Gasteiger partial charge in [-0.15, -0.1) is 0 Å². The number of rotatable bonds is 1. The quantitative estimate of drug-likeness (QED) is 0.773. The number of aliphatic hydroxyl groups is 1. The third-order valence-electron chi connectivity index (χ3n) is 3.44. The third-order valence-corrected chi connectivity index (χ3v) is 3.44. The maximum atomic E-state index is 11.1. The molecule has 102 valence electrons. The summed E-state index contributed by atoms with van der Waals surface area (Å²) in [6.07, 6.45) is 0. The number of benzene rings is 2. The summed E-state index contributed by atoms with van der Waals surface area (Å²) in [6, 6.07) is 19.4. The smallest absolute Gasteiger partial charge is 0.156 e. The Morgan fingerprint density at radius 3 is 1.80 bits per heavy atom. The predicted octanol–water partition coefficient (Wildman–Crippen LogP) is 3.97. The van der Waals surface area contributed by atoms with Crippen molar-refractivity contribution in [3.05, 3.63) is 71.8 Å². The monoisotopic (exact) mass is 264 g/mol. The molecule has 1 N–H and O–H groups in total. The van der Waals surface area contributed by atoms with E-state index in [2.05, 4.69) is 11.8 Å². The first-order valence-corrected chi connectivity index (χ1v) is 6.79. The van der Waals surface area contributed by atoms with Crippen molar-refractivity contribution in [2.45, 2.75) is 26.4 Å². The van der Waals surface area contributed by atoms with Gasteiger partial charge in [0.2, 0.25) is 0 Å². The molecule has 0 radical (unpaired) electrons. The van der Waals surface area contributed by atoms with E-state index in [9.17, 15) is 5.11 Å². The molecule has 0 aliphatic heterocycles. The summed E-state index contributed by atoms with van der Waals surface area (Å²) in [5.41, 5.74) is 0.183. The van der Waals surface area contributed by atoms with Crippen molar-refractivity contribution in [2.24, 2.45) is 5.41 Å². The summed E-state index contributed by atoms with van der Waals surface area (Å²) in [5, 5.41) is 11.1. The molecule has 20 heavy (non-hydrogen) atoms. The molecule has 2 rings (SSSR count). The first-order valence-electron chi connectivity index (χ1n) is 6.79. The molecule has 0 aliphatic rings. The maximum Gasteiger partial charge on any atom is 0.156 e. The molecule has 2 aromatic carbocycles. The zero-order valence-corrected chi connectivity index (χ0v) is 12.2. The third kappa shape index (κ3) is 2.92. The van der Waals surface area contributed by atoms with Crippen molar-refractivity contribution >= 4 is 0 Å². The minimum atomic E-state index is -1.18. The molecule has 0 heterocycles.